The van der Waals surface area contributed by atoms with Crippen molar-refractivity contribution in [2.75, 3.05) is 22.5 Å². The Morgan fingerprint density at radius 3 is 2.37 bits per heavy atom. The van der Waals surface area contributed by atoms with Crippen molar-refractivity contribution in [2.45, 2.75) is 19.9 Å². The van der Waals surface area contributed by atoms with E-state index in [1.165, 1.54) is 13.0 Å². The van der Waals surface area contributed by atoms with Gasteiger partial charge in [-0.05, 0) is 56.3 Å². The Morgan fingerprint density at radius 2 is 1.81 bits per heavy atom. The van der Waals surface area contributed by atoms with Crippen molar-refractivity contribution < 1.29 is 17.9 Å². The highest BCUT2D eigenvalue weighted by atomic mass is 35.5. The molecule has 0 bridgehead atoms. The maximum atomic E-state index is 12.7. The van der Waals surface area contributed by atoms with Gasteiger partial charge in [-0.25, -0.2) is 8.42 Å². The normalized spacial score (nSPS) is 12.3. The van der Waals surface area contributed by atoms with Gasteiger partial charge in [0.05, 0.1) is 29.3 Å². The van der Waals surface area contributed by atoms with Crippen LogP contribution in [0.3, 0.4) is 0 Å². The summed E-state index contributed by atoms with van der Waals surface area (Å²) < 4.78 is 31.1. The van der Waals surface area contributed by atoms with Gasteiger partial charge >= 0.3 is 0 Å². The SMILES string of the molecule is CCOc1ccc(N([C@H](C)C(=O)Nc2cc(Cl)ccc2Cl)S(C)(=O)=O)cc1. The van der Waals surface area contributed by atoms with Gasteiger partial charge < -0.3 is 10.1 Å². The Labute approximate surface area is 169 Å². The fraction of sp³-hybridized carbons (Fsp3) is 0.278. The van der Waals surface area contributed by atoms with E-state index < -0.39 is 22.0 Å². The third-order valence-electron chi connectivity index (χ3n) is 3.68. The lowest BCUT2D eigenvalue weighted by Crippen LogP contribution is -2.45. The molecule has 0 heterocycles. The smallest absolute Gasteiger partial charge is 0.248 e. The van der Waals surface area contributed by atoms with Gasteiger partial charge in [-0.15, -0.1) is 0 Å². The molecule has 0 fully saturated rings. The van der Waals surface area contributed by atoms with Crippen LogP contribution in [-0.4, -0.2) is 33.2 Å². The number of nitrogens with zero attached hydrogens (tertiary/aromatic N) is 1. The molecule has 146 valence electrons. The number of carbonyl (C=O) groups excluding carboxylic acids is 1. The van der Waals surface area contributed by atoms with Crippen LogP contribution < -0.4 is 14.4 Å². The Bertz CT molecular complexity index is 917. The van der Waals surface area contributed by atoms with Crippen LogP contribution >= 0.6 is 23.2 Å². The molecule has 0 aliphatic carbocycles. The topological polar surface area (TPSA) is 75.7 Å². The maximum Gasteiger partial charge on any atom is 0.248 e. The van der Waals surface area contributed by atoms with Crippen molar-refractivity contribution in [3.63, 3.8) is 0 Å². The van der Waals surface area contributed by atoms with E-state index >= 15 is 0 Å². The van der Waals surface area contributed by atoms with Crippen molar-refractivity contribution in [2.24, 2.45) is 0 Å². The average Bonchev–Trinajstić information content (AvgIpc) is 2.59. The number of rotatable bonds is 7. The fourth-order valence-corrected chi connectivity index (χ4v) is 4.01. The van der Waals surface area contributed by atoms with E-state index in [0.29, 0.717) is 33.8 Å². The van der Waals surface area contributed by atoms with Crippen molar-refractivity contribution in [1.29, 1.82) is 0 Å². The molecule has 0 radical (unpaired) electrons. The van der Waals surface area contributed by atoms with E-state index in [4.69, 9.17) is 27.9 Å². The van der Waals surface area contributed by atoms with Crippen LogP contribution in [0.2, 0.25) is 10.0 Å². The second kappa shape index (κ2) is 8.82. The van der Waals surface area contributed by atoms with Gasteiger partial charge in [-0.1, -0.05) is 23.2 Å². The zero-order chi connectivity index (χ0) is 20.2. The number of benzene rings is 2. The molecule has 27 heavy (non-hydrogen) atoms. The predicted molar refractivity (Wildman–Crippen MR) is 109 cm³/mol. The first-order valence-electron chi connectivity index (χ1n) is 8.11. The maximum absolute atomic E-state index is 12.7. The monoisotopic (exact) mass is 430 g/mol. The lowest BCUT2D eigenvalue weighted by Gasteiger charge is -2.28. The summed E-state index contributed by atoms with van der Waals surface area (Å²) in [5.41, 5.74) is 0.655. The van der Waals surface area contributed by atoms with E-state index in [2.05, 4.69) is 5.32 Å². The minimum Gasteiger partial charge on any atom is -0.494 e. The van der Waals surface area contributed by atoms with E-state index in [0.717, 1.165) is 10.6 Å². The quantitative estimate of drug-likeness (QED) is 0.714. The second-order valence-electron chi connectivity index (χ2n) is 5.78. The van der Waals surface area contributed by atoms with Crippen LogP contribution in [0.25, 0.3) is 0 Å². The van der Waals surface area contributed by atoms with Crippen LogP contribution in [0.5, 0.6) is 5.75 Å². The molecule has 1 amide bonds. The number of hydrogen-bond acceptors (Lipinski definition) is 4. The summed E-state index contributed by atoms with van der Waals surface area (Å²) in [6.45, 7) is 3.84. The van der Waals surface area contributed by atoms with Crippen molar-refractivity contribution in [1.82, 2.24) is 0 Å². The van der Waals surface area contributed by atoms with Gasteiger partial charge in [0.15, 0.2) is 0 Å². The van der Waals surface area contributed by atoms with Crippen LogP contribution in [0.15, 0.2) is 42.5 Å². The van der Waals surface area contributed by atoms with Crippen LogP contribution in [-0.2, 0) is 14.8 Å². The molecule has 2 rings (SSSR count). The third-order valence-corrected chi connectivity index (χ3v) is 5.48. The van der Waals surface area contributed by atoms with Gasteiger partial charge in [-0.2, -0.15) is 0 Å². The number of halogens is 2. The molecule has 0 saturated carbocycles. The fourth-order valence-electron chi connectivity index (χ4n) is 2.50. The highest BCUT2D eigenvalue weighted by molar-refractivity contribution is 7.92. The van der Waals surface area contributed by atoms with E-state index in [1.54, 1.807) is 36.4 Å². The number of sulfonamides is 1. The highest BCUT2D eigenvalue weighted by Gasteiger charge is 2.29. The van der Waals surface area contributed by atoms with E-state index in [1.807, 2.05) is 6.92 Å². The van der Waals surface area contributed by atoms with Crippen LogP contribution in [0.1, 0.15) is 13.8 Å². The first-order valence-corrected chi connectivity index (χ1v) is 10.7. The van der Waals surface area contributed by atoms with Crippen molar-refractivity contribution >= 4 is 50.5 Å². The van der Waals surface area contributed by atoms with Gasteiger partial charge in [0.1, 0.15) is 11.8 Å². The lowest BCUT2D eigenvalue weighted by molar-refractivity contribution is -0.116. The largest absolute Gasteiger partial charge is 0.494 e. The minimum absolute atomic E-state index is 0.298. The molecule has 0 spiro atoms. The van der Waals surface area contributed by atoms with Gasteiger partial charge in [0, 0.05) is 5.02 Å². The molecule has 2 aromatic carbocycles. The average molecular weight is 431 g/mol. The standard InChI is InChI=1S/C18H20Cl2N2O4S/c1-4-26-15-8-6-14(7-9-15)22(27(3,24)25)12(2)18(23)21-17-11-13(19)5-10-16(17)20/h5-12H,4H2,1-3H3,(H,21,23)/t12-/m1/s1. The number of amides is 1. The minimum atomic E-state index is -3.73. The molecule has 2 aromatic rings. The summed E-state index contributed by atoms with van der Waals surface area (Å²) in [6, 6.07) is 10.1. The molecule has 1 N–H and O–H groups in total. The first-order chi connectivity index (χ1) is 12.6. The Morgan fingerprint density at radius 1 is 1.19 bits per heavy atom. The molecule has 6 nitrogen and oxygen atoms in total. The zero-order valence-corrected chi connectivity index (χ0v) is 17.4. The van der Waals surface area contributed by atoms with E-state index in [9.17, 15) is 13.2 Å². The molecule has 0 aromatic heterocycles. The summed E-state index contributed by atoms with van der Waals surface area (Å²) in [4.78, 5) is 12.7. The summed E-state index contributed by atoms with van der Waals surface area (Å²) in [5, 5.41) is 3.31. The summed E-state index contributed by atoms with van der Waals surface area (Å²) in [5.74, 6) is 0.0657. The Balaban J connectivity index is 2.30. The molecule has 1 atom stereocenters. The Hall–Kier alpha value is -1.96. The lowest BCUT2D eigenvalue weighted by atomic mass is 10.2. The number of anilines is 2. The molecular weight excluding hydrogens is 411 g/mol. The summed E-state index contributed by atoms with van der Waals surface area (Å²) >= 11 is 12.0. The molecule has 0 unspecified atom stereocenters. The van der Waals surface area contributed by atoms with Crippen LogP contribution in [0, 0.1) is 0 Å². The third kappa shape index (κ3) is 5.51. The highest BCUT2D eigenvalue weighted by Crippen LogP contribution is 2.27. The number of nitrogens with one attached hydrogen (secondary N) is 1. The zero-order valence-electron chi connectivity index (χ0n) is 15.1. The first kappa shape index (κ1) is 21.3. The summed E-state index contributed by atoms with van der Waals surface area (Å²) in [7, 11) is -3.73. The predicted octanol–water partition coefficient (Wildman–Crippen LogP) is 4.19. The van der Waals surface area contributed by atoms with Crippen LogP contribution in [0.4, 0.5) is 11.4 Å². The molecule has 0 saturated heterocycles. The molecule has 0 aliphatic rings. The molecule has 0 aliphatic heterocycles. The number of carbonyl (C=O) groups is 1. The van der Waals surface area contributed by atoms with Crippen molar-refractivity contribution in [3.8, 4) is 5.75 Å². The second-order valence-corrected chi connectivity index (χ2v) is 8.48. The summed E-state index contributed by atoms with van der Waals surface area (Å²) in [6.07, 6.45) is 1.04. The number of hydrogen-bond donors (Lipinski definition) is 1. The van der Waals surface area contributed by atoms with Gasteiger partial charge in [0.25, 0.3) is 0 Å². The molecular formula is C18H20Cl2N2O4S. The van der Waals surface area contributed by atoms with Gasteiger partial charge in [0.2, 0.25) is 15.9 Å². The Kier molecular flexibility index (Phi) is 6.97. The van der Waals surface area contributed by atoms with E-state index in [-0.39, 0.29) is 0 Å². The number of ether oxygens (including phenoxy) is 1. The van der Waals surface area contributed by atoms with Gasteiger partial charge in [-0.3, -0.25) is 9.10 Å². The molecule has 9 heteroatoms. The van der Waals surface area contributed by atoms with Crippen molar-refractivity contribution in [3.05, 3.63) is 52.5 Å².